The van der Waals surface area contributed by atoms with Gasteiger partial charge in [0.15, 0.2) is 5.82 Å². The molecule has 1 aliphatic rings. The highest BCUT2D eigenvalue weighted by Gasteiger charge is 2.38. The molecule has 0 aliphatic heterocycles. The second-order valence-corrected chi connectivity index (χ2v) is 11.4. The number of para-hydroxylation sites is 1. The van der Waals surface area contributed by atoms with Gasteiger partial charge in [-0.25, -0.2) is 9.97 Å². The number of rotatable bonds is 3. The predicted molar refractivity (Wildman–Crippen MR) is 171 cm³/mol. The third-order valence-corrected chi connectivity index (χ3v) is 8.68. The second-order valence-electron chi connectivity index (χ2n) is 11.4. The largest absolute Gasteiger partial charge is 0.228 e. The Labute approximate surface area is 240 Å². The van der Waals surface area contributed by atoms with Gasteiger partial charge in [-0.05, 0) is 56.3 Å². The summed E-state index contributed by atoms with van der Waals surface area (Å²) < 4.78 is 0. The number of hydrogen-bond acceptors (Lipinski definition) is 2. The fraction of sp³-hybridized carbons (Fsp3) is 0.0769. The predicted octanol–water partition coefficient (Wildman–Crippen LogP) is 10.1. The van der Waals surface area contributed by atoms with Crippen LogP contribution in [0, 0.1) is 0 Å². The molecule has 0 radical (unpaired) electrons. The van der Waals surface area contributed by atoms with Crippen LogP contribution in [0.4, 0.5) is 0 Å². The van der Waals surface area contributed by atoms with Crippen molar-refractivity contribution in [3.63, 3.8) is 0 Å². The second kappa shape index (κ2) is 8.97. The maximum Gasteiger partial charge on any atom is 0.161 e. The van der Waals surface area contributed by atoms with E-state index in [0.29, 0.717) is 0 Å². The average molecular weight is 525 g/mol. The Morgan fingerprint density at radius 2 is 1.12 bits per heavy atom. The van der Waals surface area contributed by atoms with E-state index < -0.39 is 0 Å². The maximum absolute atomic E-state index is 5.38. The van der Waals surface area contributed by atoms with Crippen molar-refractivity contribution in [2.75, 3.05) is 0 Å². The van der Waals surface area contributed by atoms with Gasteiger partial charge in [0.2, 0.25) is 0 Å². The first-order valence-corrected chi connectivity index (χ1v) is 14.2. The number of nitrogens with zero attached hydrogens (tertiary/aromatic N) is 2. The van der Waals surface area contributed by atoms with Crippen LogP contribution in [0.2, 0.25) is 0 Å². The molecule has 0 atom stereocenters. The number of hydrogen-bond donors (Lipinski definition) is 0. The zero-order valence-electron chi connectivity index (χ0n) is 23.1. The minimum absolute atomic E-state index is 0.113. The van der Waals surface area contributed by atoms with E-state index in [2.05, 4.69) is 147 Å². The molecule has 41 heavy (non-hydrogen) atoms. The van der Waals surface area contributed by atoms with Crippen molar-refractivity contribution < 1.29 is 0 Å². The lowest BCUT2D eigenvalue weighted by atomic mass is 9.81. The van der Waals surface area contributed by atoms with Gasteiger partial charge in [-0.3, -0.25) is 0 Å². The highest BCUT2D eigenvalue weighted by molar-refractivity contribution is 6.08. The van der Waals surface area contributed by atoms with Crippen molar-refractivity contribution in [1.82, 2.24) is 9.97 Å². The Morgan fingerprint density at radius 1 is 0.488 bits per heavy atom. The molecule has 0 saturated carbocycles. The smallest absolute Gasteiger partial charge is 0.161 e. The molecule has 2 nitrogen and oxygen atoms in total. The lowest BCUT2D eigenvalue weighted by Crippen LogP contribution is -2.15. The molecule has 1 heterocycles. The quantitative estimate of drug-likeness (QED) is 0.230. The summed E-state index contributed by atoms with van der Waals surface area (Å²) in [5.41, 5.74) is 11.6. The summed E-state index contributed by atoms with van der Waals surface area (Å²) in [4.78, 5) is 10.6. The molecular formula is C39H28N2. The van der Waals surface area contributed by atoms with Crippen molar-refractivity contribution in [3.8, 4) is 44.9 Å². The standard InChI is InChI=1S/C39H28N2/c1-39(2)32-18-10-8-16-30(32)35-33(39)24-28-14-6-7-15-29(28)36(35)38-40-34-19-11-9-17-31(34)37(41-38)27-22-20-26(21-23-27)25-12-4-3-5-13-25/h3-24H,1-2H3. The van der Waals surface area contributed by atoms with Crippen LogP contribution in [0.1, 0.15) is 25.0 Å². The summed E-state index contributed by atoms with van der Waals surface area (Å²) >= 11 is 0. The van der Waals surface area contributed by atoms with E-state index in [1.54, 1.807) is 0 Å². The van der Waals surface area contributed by atoms with Crippen LogP contribution in [0.25, 0.3) is 66.6 Å². The summed E-state index contributed by atoms with van der Waals surface area (Å²) in [5.74, 6) is 0.770. The first-order valence-electron chi connectivity index (χ1n) is 14.2. The molecule has 0 amide bonds. The van der Waals surface area contributed by atoms with E-state index in [9.17, 15) is 0 Å². The Kier molecular flexibility index (Phi) is 5.20. The van der Waals surface area contributed by atoms with Gasteiger partial charge in [-0.2, -0.15) is 0 Å². The maximum atomic E-state index is 5.38. The molecule has 0 unspecified atom stereocenters. The van der Waals surface area contributed by atoms with Crippen molar-refractivity contribution in [2.24, 2.45) is 0 Å². The Morgan fingerprint density at radius 3 is 1.95 bits per heavy atom. The van der Waals surface area contributed by atoms with E-state index in [1.807, 2.05) is 0 Å². The fourth-order valence-corrected chi connectivity index (χ4v) is 6.60. The molecule has 194 valence electrons. The molecular weight excluding hydrogens is 496 g/mol. The monoisotopic (exact) mass is 524 g/mol. The molecule has 2 heteroatoms. The fourth-order valence-electron chi connectivity index (χ4n) is 6.60. The first-order chi connectivity index (χ1) is 20.1. The summed E-state index contributed by atoms with van der Waals surface area (Å²) in [6.45, 7) is 4.66. The van der Waals surface area contributed by atoms with Crippen LogP contribution in [-0.4, -0.2) is 9.97 Å². The van der Waals surface area contributed by atoms with Crippen LogP contribution in [0.5, 0.6) is 0 Å². The number of benzene rings is 6. The van der Waals surface area contributed by atoms with Crippen molar-refractivity contribution in [1.29, 1.82) is 0 Å². The zero-order valence-corrected chi connectivity index (χ0v) is 23.1. The van der Waals surface area contributed by atoms with Gasteiger partial charge in [0.05, 0.1) is 11.2 Å². The van der Waals surface area contributed by atoms with Crippen molar-refractivity contribution >= 4 is 21.7 Å². The summed E-state index contributed by atoms with van der Waals surface area (Å²) in [6, 6.07) is 47.5. The van der Waals surface area contributed by atoms with Gasteiger partial charge in [-0.1, -0.05) is 135 Å². The van der Waals surface area contributed by atoms with E-state index in [4.69, 9.17) is 9.97 Å². The molecule has 0 N–H and O–H groups in total. The van der Waals surface area contributed by atoms with Gasteiger partial charge in [0.1, 0.15) is 0 Å². The van der Waals surface area contributed by atoms with E-state index in [-0.39, 0.29) is 5.41 Å². The SMILES string of the molecule is CC1(C)c2ccccc2-c2c1cc1ccccc1c2-c1nc(-c2ccc(-c3ccccc3)cc2)c2ccccc2n1. The highest BCUT2D eigenvalue weighted by Crippen LogP contribution is 2.54. The minimum Gasteiger partial charge on any atom is -0.228 e. The molecule has 0 saturated heterocycles. The molecule has 0 bridgehead atoms. The topological polar surface area (TPSA) is 25.8 Å². The summed E-state index contributed by atoms with van der Waals surface area (Å²) in [6.07, 6.45) is 0. The molecule has 6 aromatic carbocycles. The van der Waals surface area contributed by atoms with Crippen molar-refractivity contribution in [2.45, 2.75) is 19.3 Å². The number of aromatic nitrogens is 2. The van der Waals surface area contributed by atoms with Gasteiger partial charge in [-0.15, -0.1) is 0 Å². The third kappa shape index (κ3) is 3.64. The molecule has 1 aromatic heterocycles. The van der Waals surface area contributed by atoms with Gasteiger partial charge >= 0.3 is 0 Å². The van der Waals surface area contributed by atoms with Gasteiger partial charge in [0.25, 0.3) is 0 Å². The van der Waals surface area contributed by atoms with E-state index in [0.717, 1.165) is 33.5 Å². The first kappa shape index (κ1) is 23.8. The van der Waals surface area contributed by atoms with Crippen LogP contribution >= 0.6 is 0 Å². The van der Waals surface area contributed by atoms with Crippen LogP contribution < -0.4 is 0 Å². The van der Waals surface area contributed by atoms with Crippen LogP contribution in [0.15, 0.2) is 133 Å². The highest BCUT2D eigenvalue weighted by atomic mass is 14.9. The average Bonchev–Trinajstić information content (AvgIpc) is 3.26. The molecule has 0 fully saturated rings. The lowest BCUT2D eigenvalue weighted by Gasteiger charge is -2.22. The van der Waals surface area contributed by atoms with Gasteiger partial charge in [0, 0.05) is 21.9 Å². The Balaban J connectivity index is 1.42. The lowest BCUT2D eigenvalue weighted by molar-refractivity contribution is 0.661. The molecule has 7 aromatic rings. The van der Waals surface area contributed by atoms with E-state index in [1.165, 1.54) is 44.2 Å². The summed E-state index contributed by atoms with van der Waals surface area (Å²) in [7, 11) is 0. The third-order valence-electron chi connectivity index (χ3n) is 8.68. The number of fused-ring (bicyclic) bond motifs is 5. The molecule has 0 spiro atoms. The van der Waals surface area contributed by atoms with Crippen molar-refractivity contribution in [3.05, 3.63) is 145 Å². The Hall–Kier alpha value is -5.08. The minimum atomic E-state index is -0.113. The molecule has 1 aliphatic carbocycles. The molecule has 8 rings (SSSR count). The normalized spacial score (nSPS) is 13.3. The Bertz CT molecular complexity index is 2110. The van der Waals surface area contributed by atoms with Crippen LogP contribution in [0.3, 0.4) is 0 Å². The van der Waals surface area contributed by atoms with Crippen LogP contribution in [-0.2, 0) is 5.41 Å². The van der Waals surface area contributed by atoms with E-state index >= 15 is 0 Å². The summed E-state index contributed by atoms with van der Waals surface area (Å²) in [5, 5.41) is 3.45. The zero-order chi connectivity index (χ0) is 27.6. The van der Waals surface area contributed by atoms with Gasteiger partial charge < -0.3 is 0 Å².